The van der Waals surface area contributed by atoms with Gasteiger partial charge < -0.3 is 9.84 Å². The van der Waals surface area contributed by atoms with Gasteiger partial charge in [0.1, 0.15) is 11.5 Å². The molecule has 0 unspecified atom stereocenters. The van der Waals surface area contributed by atoms with Gasteiger partial charge in [0, 0.05) is 11.1 Å². The third kappa shape index (κ3) is 3.89. The van der Waals surface area contributed by atoms with Crippen molar-refractivity contribution in [1.29, 1.82) is 0 Å². The summed E-state index contributed by atoms with van der Waals surface area (Å²) in [4.78, 5) is 0. The topological polar surface area (TPSA) is 75.4 Å². The highest BCUT2D eigenvalue weighted by Crippen LogP contribution is 2.22. The van der Waals surface area contributed by atoms with Gasteiger partial charge in [-0.3, -0.25) is 0 Å². The number of rotatable bonds is 5. The van der Waals surface area contributed by atoms with Crippen molar-refractivity contribution >= 4 is 18.4 Å². The van der Waals surface area contributed by atoms with Crippen LogP contribution >= 0.6 is 12.2 Å². The number of aromatic amines is 1. The van der Waals surface area contributed by atoms with E-state index in [4.69, 9.17) is 12.2 Å². The number of aromatic nitrogens is 3. The SMILES string of the molecule is Oc1ccccc1C=Nn1c(-c2ccc(OC(F)F)cc2)n[nH]c1=S. The molecule has 2 N–H and O–H groups in total. The van der Waals surface area contributed by atoms with Crippen LogP contribution in [0, 0.1) is 4.77 Å². The Bertz CT molecular complexity index is 951. The van der Waals surface area contributed by atoms with E-state index in [0.717, 1.165) is 0 Å². The molecule has 0 saturated heterocycles. The molecule has 0 saturated carbocycles. The zero-order valence-electron chi connectivity index (χ0n) is 12.6. The summed E-state index contributed by atoms with van der Waals surface area (Å²) in [5.41, 5.74) is 1.11. The Morgan fingerprint density at radius 1 is 1.20 bits per heavy atom. The lowest BCUT2D eigenvalue weighted by Gasteiger charge is -2.05. The summed E-state index contributed by atoms with van der Waals surface area (Å²) < 4.78 is 30.3. The monoisotopic (exact) mass is 362 g/mol. The molecule has 0 aliphatic rings. The second-order valence-electron chi connectivity index (χ2n) is 4.87. The highest BCUT2D eigenvalue weighted by Gasteiger charge is 2.10. The van der Waals surface area contributed by atoms with Gasteiger partial charge in [-0.15, -0.1) is 0 Å². The highest BCUT2D eigenvalue weighted by molar-refractivity contribution is 7.71. The number of phenolic OH excluding ortho intramolecular Hbond substituents is 1. The van der Waals surface area contributed by atoms with Gasteiger partial charge in [-0.05, 0) is 48.6 Å². The molecule has 128 valence electrons. The van der Waals surface area contributed by atoms with E-state index in [2.05, 4.69) is 20.0 Å². The summed E-state index contributed by atoms with van der Waals surface area (Å²) in [6.45, 7) is -2.89. The number of aromatic hydroxyl groups is 1. The minimum atomic E-state index is -2.89. The molecule has 0 aliphatic heterocycles. The van der Waals surface area contributed by atoms with Crippen molar-refractivity contribution in [3.63, 3.8) is 0 Å². The Morgan fingerprint density at radius 3 is 2.60 bits per heavy atom. The van der Waals surface area contributed by atoms with Crippen LogP contribution in [-0.2, 0) is 0 Å². The van der Waals surface area contributed by atoms with Gasteiger partial charge in [0.15, 0.2) is 5.82 Å². The molecule has 1 aromatic heterocycles. The average Bonchev–Trinajstić information content (AvgIpc) is 2.95. The molecule has 0 radical (unpaired) electrons. The molecule has 3 aromatic rings. The van der Waals surface area contributed by atoms with Crippen LogP contribution in [0.1, 0.15) is 5.56 Å². The lowest BCUT2D eigenvalue weighted by molar-refractivity contribution is -0.0498. The van der Waals surface area contributed by atoms with Gasteiger partial charge >= 0.3 is 6.61 Å². The lowest BCUT2D eigenvalue weighted by atomic mass is 10.2. The predicted octanol–water partition coefficient (Wildman–Crippen LogP) is 3.80. The van der Waals surface area contributed by atoms with Gasteiger partial charge in [0.05, 0.1) is 6.21 Å². The van der Waals surface area contributed by atoms with Crippen molar-refractivity contribution in [1.82, 2.24) is 14.9 Å². The molecule has 1 heterocycles. The van der Waals surface area contributed by atoms with Crippen molar-refractivity contribution in [3.05, 3.63) is 58.9 Å². The number of ether oxygens (including phenoxy) is 1. The zero-order valence-corrected chi connectivity index (χ0v) is 13.5. The number of hydrogen-bond acceptors (Lipinski definition) is 5. The second kappa shape index (κ2) is 7.22. The van der Waals surface area contributed by atoms with Crippen LogP contribution < -0.4 is 4.74 Å². The third-order valence-corrected chi connectivity index (χ3v) is 3.50. The fraction of sp³-hybridized carbons (Fsp3) is 0.0625. The number of H-pyrrole nitrogens is 1. The van der Waals surface area contributed by atoms with E-state index < -0.39 is 6.61 Å². The molecule has 6 nitrogen and oxygen atoms in total. The number of halogens is 2. The molecular formula is C16H12F2N4O2S. The van der Waals surface area contributed by atoms with Gasteiger partial charge in [-0.1, -0.05) is 12.1 Å². The van der Waals surface area contributed by atoms with Gasteiger partial charge in [0.25, 0.3) is 0 Å². The summed E-state index contributed by atoms with van der Waals surface area (Å²) in [6, 6.07) is 12.6. The van der Waals surface area contributed by atoms with Crippen LogP contribution in [-0.4, -0.2) is 32.8 Å². The number of benzene rings is 2. The molecule has 3 rings (SSSR count). The number of phenols is 1. The number of nitrogens with zero attached hydrogens (tertiary/aromatic N) is 3. The highest BCUT2D eigenvalue weighted by atomic mass is 32.1. The van der Waals surface area contributed by atoms with Crippen LogP contribution in [0.2, 0.25) is 0 Å². The summed E-state index contributed by atoms with van der Waals surface area (Å²) in [6.07, 6.45) is 1.44. The Hall–Kier alpha value is -3.07. The number of para-hydroxylation sites is 1. The average molecular weight is 362 g/mol. The van der Waals surface area contributed by atoms with E-state index >= 15 is 0 Å². The van der Waals surface area contributed by atoms with Crippen molar-refractivity contribution in [2.45, 2.75) is 6.61 Å². The van der Waals surface area contributed by atoms with Crippen LogP contribution in [0.5, 0.6) is 11.5 Å². The minimum absolute atomic E-state index is 0.0390. The third-order valence-electron chi connectivity index (χ3n) is 3.24. The summed E-state index contributed by atoms with van der Waals surface area (Å²) >= 11 is 5.15. The smallest absolute Gasteiger partial charge is 0.387 e. The molecule has 0 spiro atoms. The Labute approximate surface area is 146 Å². The molecule has 25 heavy (non-hydrogen) atoms. The maximum Gasteiger partial charge on any atom is 0.387 e. The summed E-state index contributed by atoms with van der Waals surface area (Å²) in [5, 5.41) is 20.7. The quantitative estimate of drug-likeness (QED) is 0.535. The fourth-order valence-electron chi connectivity index (χ4n) is 2.09. The molecule has 0 bridgehead atoms. The fourth-order valence-corrected chi connectivity index (χ4v) is 2.27. The second-order valence-corrected chi connectivity index (χ2v) is 5.26. The van der Waals surface area contributed by atoms with Crippen molar-refractivity contribution in [3.8, 4) is 22.9 Å². The van der Waals surface area contributed by atoms with E-state index in [0.29, 0.717) is 17.0 Å². The molecular weight excluding hydrogens is 350 g/mol. The van der Waals surface area contributed by atoms with Crippen LogP contribution in [0.4, 0.5) is 8.78 Å². The van der Waals surface area contributed by atoms with Crippen molar-refractivity contribution < 1.29 is 18.6 Å². The van der Waals surface area contributed by atoms with Gasteiger partial charge in [0.2, 0.25) is 4.77 Å². The van der Waals surface area contributed by atoms with E-state index in [-0.39, 0.29) is 16.3 Å². The molecule has 0 atom stereocenters. The number of hydrogen-bond donors (Lipinski definition) is 2. The van der Waals surface area contributed by atoms with E-state index in [1.165, 1.54) is 23.0 Å². The van der Waals surface area contributed by atoms with Gasteiger partial charge in [-0.25, -0.2) is 5.10 Å². The standard InChI is InChI=1S/C16H12F2N4O2S/c17-15(18)24-12-7-5-10(6-8-12)14-20-21-16(25)22(14)19-9-11-3-1-2-4-13(11)23/h1-9,15,23H,(H,21,25). The Kier molecular flexibility index (Phi) is 4.85. The van der Waals surface area contributed by atoms with Crippen LogP contribution in [0.15, 0.2) is 53.6 Å². The zero-order chi connectivity index (χ0) is 17.8. The molecule has 2 aromatic carbocycles. The van der Waals surface area contributed by atoms with Crippen molar-refractivity contribution in [2.75, 3.05) is 0 Å². The van der Waals surface area contributed by atoms with E-state index in [1.54, 1.807) is 36.4 Å². The normalized spacial score (nSPS) is 11.3. The molecule has 0 fully saturated rings. The predicted molar refractivity (Wildman–Crippen MR) is 90.6 cm³/mol. The Balaban J connectivity index is 1.92. The van der Waals surface area contributed by atoms with Crippen LogP contribution in [0.25, 0.3) is 11.4 Å². The van der Waals surface area contributed by atoms with Crippen molar-refractivity contribution in [2.24, 2.45) is 5.10 Å². The Morgan fingerprint density at radius 2 is 1.92 bits per heavy atom. The van der Waals surface area contributed by atoms with E-state index in [9.17, 15) is 13.9 Å². The first kappa shape index (κ1) is 16.8. The largest absolute Gasteiger partial charge is 0.507 e. The minimum Gasteiger partial charge on any atom is -0.507 e. The number of nitrogens with one attached hydrogen (secondary N) is 1. The molecule has 0 amide bonds. The molecule has 9 heteroatoms. The van der Waals surface area contributed by atoms with E-state index in [1.807, 2.05) is 0 Å². The summed E-state index contributed by atoms with van der Waals surface area (Å²) in [7, 11) is 0. The maximum atomic E-state index is 12.2. The first-order chi connectivity index (χ1) is 12.0. The van der Waals surface area contributed by atoms with Gasteiger partial charge in [-0.2, -0.15) is 23.7 Å². The van der Waals surface area contributed by atoms with Crippen LogP contribution in [0.3, 0.4) is 0 Å². The number of alkyl halides is 2. The lowest BCUT2D eigenvalue weighted by Crippen LogP contribution is -2.01. The summed E-state index contributed by atoms with van der Waals surface area (Å²) in [5.74, 6) is 0.508. The first-order valence-electron chi connectivity index (χ1n) is 7.09. The first-order valence-corrected chi connectivity index (χ1v) is 7.50. The molecule has 0 aliphatic carbocycles. The maximum absolute atomic E-state index is 12.2.